The summed E-state index contributed by atoms with van der Waals surface area (Å²) < 4.78 is 10.5. The van der Waals surface area contributed by atoms with Gasteiger partial charge in [0.2, 0.25) is 0 Å². The van der Waals surface area contributed by atoms with Gasteiger partial charge in [0, 0.05) is 6.54 Å². The van der Waals surface area contributed by atoms with E-state index in [0.717, 1.165) is 11.1 Å². The summed E-state index contributed by atoms with van der Waals surface area (Å²) in [7, 11) is 3.19. The molecule has 2 aromatic rings. The third-order valence-electron chi connectivity index (χ3n) is 3.59. The number of nitrogens with one attached hydrogen (secondary N) is 1. The lowest BCUT2D eigenvalue weighted by Crippen LogP contribution is -2.30. The minimum Gasteiger partial charge on any atom is -0.493 e. The van der Waals surface area contributed by atoms with Crippen LogP contribution in [0.5, 0.6) is 11.5 Å². The van der Waals surface area contributed by atoms with Gasteiger partial charge in [-0.05, 0) is 29.7 Å². The topological polar surface area (TPSA) is 67.8 Å². The van der Waals surface area contributed by atoms with E-state index in [2.05, 4.69) is 5.32 Å². The number of benzene rings is 2. The molecule has 1 unspecified atom stereocenters. The molecule has 0 heterocycles. The lowest BCUT2D eigenvalue weighted by molar-refractivity contribution is -0.139. The Balaban J connectivity index is 1.99. The van der Waals surface area contributed by atoms with Crippen molar-refractivity contribution in [2.45, 2.75) is 12.5 Å². The number of carboxylic acid groups (broad SMARTS) is 1. The lowest BCUT2D eigenvalue weighted by Gasteiger charge is -2.15. The number of rotatable bonds is 8. The fraction of sp³-hybridized carbons (Fsp3) is 0.278. The van der Waals surface area contributed by atoms with Gasteiger partial charge in [-0.3, -0.25) is 4.79 Å². The number of ether oxygens (including phenoxy) is 2. The predicted molar refractivity (Wildman–Crippen MR) is 88.1 cm³/mol. The number of hydrogen-bond donors (Lipinski definition) is 2. The van der Waals surface area contributed by atoms with E-state index in [0.29, 0.717) is 24.5 Å². The molecule has 5 nitrogen and oxygen atoms in total. The van der Waals surface area contributed by atoms with Crippen molar-refractivity contribution in [2.24, 2.45) is 0 Å². The summed E-state index contributed by atoms with van der Waals surface area (Å²) in [4.78, 5) is 11.4. The van der Waals surface area contributed by atoms with Crippen molar-refractivity contribution in [3.05, 3.63) is 59.7 Å². The first-order valence-corrected chi connectivity index (χ1v) is 7.37. The van der Waals surface area contributed by atoms with Crippen molar-refractivity contribution in [1.29, 1.82) is 0 Å². The Morgan fingerprint density at radius 2 is 1.78 bits per heavy atom. The van der Waals surface area contributed by atoms with Gasteiger partial charge in [0.05, 0.1) is 14.2 Å². The van der Waals surface area contributed by atoms with Gasteiger partial charge < -0.3 is 19.9 Å². The third-order valence-corrected chi connectivity index (χ3v) is 3.59. The van der Waals surface area contributed by atoms with Crippen LogP contribution in [0.2, 0.25) is 0 Å². The first kappa shape index (κ1) is 16.8. The molecule has 0 aliphatic carbocycles. The first-order valence-electron chi connectivity index (χ1n) is 7.37. The second-order valence-electron chi connectivity index (χ2n) is 5.08. The molecular weight excluding hydrogens is 294 g/mol. The van der Waals surface area contributed by atoms with Crippen LogP contribution in [0.4, 0.5) is 0 Å². The smallest absolute Gasteiger partial charge is 0.325 e. The van der Waals surface area contributed by atoms with Crippen LogP contribution < -0.4 is 14.8 Å². The Bertz CT molecular complexity index is 643. The van der Waals surface area contributed by atoms with Crippen molar-refractivity contribution in [2.75, 3.05) is 20.8 Å². The Hall–Kier alpha value is -2.53. The van der Waals surface area contributed by atoms with Gasteiger partial charge in [-0.1, -0.05) is 36.4 Å². The molecule has 0 aliphatic heterocycles. The summed E-state index contributed by atoms with van der Waals surface area (Å²) in [5.74, 6) is 0.461. The van der Waals surface area contributed by atoms with Crippen molar-refractivity contribution in [3.8, 4) is 11.5 Å². The standard InChI is InChI=1S/C18H21NO4/c1-22-15-9-8-13(12-16(15)23-2)10-11-19-17(18(20)21)14-6-4-3-5-7-14/h3-9,12,17,19H,10-11H2,1-2H3,(H,20,21). The third kappa shape index (κ3) is 4.47. The molecule has 0 saturated carbocycles. The maximum atomic E-state index is 11.4. The van der Waals surface area contributed by atoms with E-state index in [-0.39, 0.29) is 0 Å². The van der Waals surface area contributed by atoms with Gasteiger partial charge in [-0.2, -0.15) is 0 Å². The zero-order chi connectivity index (χ0) is 16.7. The second kappa shape index (κ2) is 8.19. The van der Waals surface area contributed by atoms with Crippen LogP contribution in [0.1, 0.15) is 17.2 Å². The molecule has 122 valence electrons. The molecule has 2 aromatic carbocycles. The van der Waals surface area contributed by atoms with Crippen LogP contribution in [0.3, 0.4) is 0 Å². The highest BCUT2D eigenvalue weighted by molar-refractivity contribution is 5.75. The maximum absolute atomic E-state index is 11.4. The maximum Gasteiger partial charge on any atom is 0.325 e. The van der Waals surface area contributed by atoms with Crippen LogP contribution in [-0.4, -0.2) is 31.8 Å². The molecule has 2 N–H and O–H groups in total. The Kier molecular flexibility index (Phi) is 6.00. The average Bonchev–Trinajstić information content (AvgIpc) is 2.58. The molecule has 0 bridgehead atoms. The molecule has 23 heavy (non-hydrogen) atoms. The molecule has 5 heteroatoms. The minimum atomic E-state index is -0.886. The number of carboxylic acids is 1. The van der Waals surface area contributed by atoms with E-state index in [1.807, 2.05) is 48.5 Å². The minimum absolute atomic E-state index is 0.543. The predicted octanol–water partition coefficient (Wildman–Crippen LogP) is 2.66. The van der Waals surface area contributed by atoms with E-state index in [1.165, 1.54) is 0 Å². The van der Waals surface area contributed by atoms with Crippen molar-refractivity contribution < 1.29 is 19.4 Å². The fourth-order valence-corrected chi connectivity index (χ4v) is 2.39. The van der Waals surface area contributed by atoms with Crippen molar-refractivity contribution in [3.63, 3.8) is 0 Å². The van der Waals surface area contributed by atoms with Crippen LogP contribution in [0.25, 0.3) is 0 Å². The Morgan fingerprint density at radius 1 is 1.09 bits per heavy atom. The number of hydrogen-bond acceptors (Lipinski definition) is 4. The number of aliphatic carboxylic acids is 1. The molecule has 0 amide bonds. The van der Waals surface area contributed by atoms with E-state index >= 15 is 0 Å². The van der Waals surface area contributed by atoms with Gasteiger partial charge in [-0.15, -0.1) is 0 Å². The molecule has 0 spiro atoms. The van der Waals surface area contributed by atoms with Crippen molar-refractivity contribution in [1.82, 2.24) is 5.32 Å². The monoisotopic (exact) mass is 315 g/mol. The summed E-state index contributed by atoms with van der Waals surface area (Å²) in [6.45, 7) is 0.543. The average molecular weight is 315 g/mol. The Labute approximate surface area is 135 Å². The van der Waals surface area contributed by atoms with E-state index in [9.17, 15) is 9.90 Å². The summed E-state index contributed by atoms with van der Waals surface area (Å²) in [6.07, 6.45) is 0.691. The highest BCUT2D eigenvalue weighted by atomic mass is 16.5. The van der Waals surface area contributed by atoms with E-state index in [1.54, 1.807) is 14.2 Å². The molecule has 0 aromatic heterocycles. The highest BCUT2D eigenvalue weighted by Crippen LogP contribution is 2.27. The van der Waals surface area contributed by atoms with Crippen LogP contribution in [-0.2, 0) is 11.2 Å². The largest absolute Gasteiger partial charge is 0.493 e. The Morgan fingerprint density at radius 3 is 2.39 bits per heavy atom. The number of carbonyl (C=O) groups is 1. The molecular formula is C18H21NO4. The van der Waals surface area contributed by atoms with Gasteiger partial charge in [-0.25, -0.2) is 0 Å². The van der Waals surface area contributed by atoms with Crippen LogP contribution in [0, 0.1) is 0 Å². The van der Waals surface area contributed by atoms with Crippen molar-refractivity contribution >= 4 is 5.97 Å². The quantitative estimate of drug-likeness (QED) is 0.784. The molecule has 0 saturated heterocycles. The van der Waals surface area contributed by atoms with Crippen LogP contribution in [0.15, 0.2) is 48.5 Å². The van der Waals surface area contributed by atoms with Gasteiger partial charge in [0.1, 0.15) is 6.04 Å². The van der Waals surface area contributed by atoms with Gasteiger partial charge >= 0.3 is 5.97 Å². The molecule has 0 aliphatic rings. The molecule has 0 fully saturated rings. The molecule has 1 atom stereocenters. The van der Waals surface area contributed by atoms with Crippen LogP contribution >= 0.6 is 0 Å². The summed E-state index contributed by atoms with van der Waals surface area (Å²) in [6, 6.07) is 14.1. The van der Waals surface area contributed by atoms with Gasteiger partial charge in [0.15, 0.2) is 11.5 Å². The van der Waals surface area contributed by atoms with E-state index < -0.39 is 12.0 Å². The van der Waals surface area contributed by atoms with E-state index in [4.69, 9.17) is 9.47 Å². The lowest BCUT2D eigenvalue weighted by atomic mass is 10.1. The summed E-state index contributed by atoms with van der Waals surface area (Å²) >= 11 is 0. The highest BCUT2D eigenvalue weighted by Gasteiger charge is 2.18. The summed E-state index contributed by atoms with van der Waals surface area (Å²) in [5, 5.41) is 12.5. The zero-order valence-corrected chi connectivity index (χ0v) is 13.3. The molecule has 0 radical (unpaired) electrons. The number of methoxy groups -OCH3 is 2. The molecule has 2 rings (SSSR count). The zero-order valence-electron chi connectivity index (χ0n) is 13.3. The first-order chi connectivity index (χ1) is 11.2. The fourth-order valence-electron chi connectivity index (χ4n) is 2.39. The van der Waals surface area contributed by atoms with Gasteiger partial charge in [0.25, 0.3) is 0 Å². The SMILES string of the molecule is COc1ccc(CCNC(C(=O)O)c2ccccc2)cc1OC. The normalized spacial score (nSPS) is 11.7. The summed E-state index contributed by atoms with van der Waals surface area (Å²) in [5.41, 5.74) is 1.79. The second-order valence-corrected chi connectivity index (χ2v) is 5.08.